The minimum Gasteiger partial charge on any atom is -0.317 e. The van der Waals surface area contributed by atoms with Gasteiger partial charge in [-0.3, -0.25) is 4.79 Å². The number of amides is 1. The van der Waals surface area contributed by atoms with E-state index in [1.165, 1.54) is 11.8 Å². The maximum atomic E-state index is 12.3. The van der Waals surface area contributed by atoms with Crippen molar-refractivity contribution < 1.29 is 4.79 Å². The van der Waals surface area contributed by atoms with E-state index in [2.05, 4.69) is 26.2 Å². The third-order valence-electron chi connectivity index (χ3n) is 3.87. The molecular formula is C20H13BrClN3OS. The van der Waals surface area contributed by atoms with Gasteiger partial charge in [-0.05, 0) is 78.5 Å². The number of halogens is 2. The number of nitrogens with zero attached hydrogens (tertiary/aromatic N) is 2. The van der Waals surface area contributed by atoms with E-state index in [-0.39, 0.29) is 5.91 Å². The lowest BCUT2D eigenvalue weighted by molar-refractivity contribution is -0.115. The number of thioether (sulfide) groups is 1. The topological polar surface area (TPSA) is 46.4 Å². The van der Waals surface area contributed by atoms with Crippen LogP contribution in [0.4, 0.5) is 5.69 Å². The molecule has 0 unspecified atom stereocenters. The lowest BCUT2D eigenvalue weighted by atomic mass is 10.3. The lowest BCUT2D eigenvalue weighted by Crippen LogP contribution is -2.19. The number of aliphatic imine (C=N–C) groups is 1. The van der Waals surface area contributed by atoms with Gasteiger partial charge in [-0.2, -0.15) is 0 Å². The van der Waals surface area contributed by atoms with Gasteiger partial charge in [0.05, 0.1) is 10.6 Å². The van der Waals surface area contributed by atoms with Crippen LogP contribution in [0.5, 0.6) is 0 Å². The summed E-state index contributed by atoms with van der Waals surface area (Å²) in [5.74, 6) is -0.156. The van der Waals surface area contributed by atoms with Gasteiger partial charge in [-0.15, -0.1) is 0 Å². The van der Waals surface area contributed by atoms with Gasteiger partial charge in [0.25, 0.3) is 5.91 Å². The molecule has 0 aliphatic carbocycles. The number of rotatable bonds is 3. The van der Waals surface area contributed by atoms with Crippen LogP contribution in [0.15, 0.2) is 81.2 Å². The Morgan fingerprint density at radius 1 is 1.07 bits per heavy atom. The van der Waals surface area contributed by atoms with Crippen molar-refractivity contribution in [3.8, 4) is 5.69 Å². The fraction of sp³-hybridized carbons (Fsp3) is 0. The van der Waals surface area contributed by atoms with Crippen molar-refractivity contribution in [1.82, 2.24) is 9.88 Å². The molecule has 2 aromatic carbocycles. The summed E-state index contributed by atoms with van der Waals surface area (Å²) in [6, 6.07) is 19.1. The van der Waals surface area contributed by atoms with Gasteiger partial charge in [0, 0.05) is 27.1 Å². The van der Waals surface area contributed by atoms with Crippen LogP contribution < -0.4 is 5.32 Å². The van der Waals surface area contributed by atoms with E-state index in [1.807, 2.05) is 65.4 Å². The highest BCUT2D eigenvalue weighted by molar-refractivity contribution is 9.10. The van der Waals surface area contributed by atoms with Gasteiger partial charge in [0.15, 0.2) is 5.17 Å². The van der Waals surface area contributed by atoms with Crippen molar-refractivity contribution in [1.29, 1.82) is 0 Å². The van der Waals surface area contributed by atoms with E-state index in [0.717, 1.165) is 21.5 Å². The predicted molar refractivity (Wildman–Crippen MR) is 116 cm³/mol. The highest BCUT2D eigenvalue weighted by Crippen LogP contribution is 2.29. The number of hydrogen-bond acceptors (Lipinski definition) is 3. The Hall–Kier alpha value is -2.28. The molecular weight excluding hydrogens is 446 g/mol. The Bertz CT molecular complexity index is 1060. The predicted octanol–water partition coefficient (Wildman–Crippen LogP) is 5.78. The molecule has 0 bridgehead atoms. The molecule has 7 heteroatoms. The van der Waals surface area contributed by atoms with Gasteiger partial charge in [-0.1, -0.05) is 27.5 Å². The molecule has 1 saturated heterocycles. The van der Waals surface area contributed by atoms with Crippen LogP contribution in [0.3, 0.4) is 0 Å². The summed E-state index contributed by atoms with van der Waals surface area (Å²) in [5, 5.41) is 4.00. The maximum absolute atomic E-state index is 12.3. The molecule has 0 atom stereocenters. The summed E-state index contributed by atoms with van der Waals surface area (Å²) in [5.41, 5.74) is 2.68. The Morgan fingerprint density at radius 2 is 1.81 bits per heavy atom. The number of hydrogen-bond donors (Lipinski definition) is 1. The number of benzene rings is 2. The van der Waals surface area contributed by atoms with Crippen LogP contribution in [0.25, 0.3) is 11.8 Å². The number of nitrogens with one attached hydrogen (secondary N) is 1. The number of carbonyl (C=O) groups excluding carboxylic acids is 1. The highest BCUT2D eigenvalue weighted by Gasteiger charge is 2.24. The molecule has 0 radical (unpaired) electrons. The SMILES string of the molecule is O=C1NC(=Nc2ccc(Cl)cc2)S/C1=C\c1cccn1-c1ccc(Br)cc1. The van der Waals surface area contributed by atoms with Gasteiger partial charge >= 0.3 is 0 Å². The van der Waals surface area contributed by atoms with E-state index >= 15 is 0 Å². The van der Waals surface area contributed by atoms with Crippen LogP contribution in [0.1, 0.15) is 5.69 Å². The van der Waals surface area contributed by atoms with Crippen LogP contribution >= 0.6 is 39.3 Å². The number of amidine groups is 1. The summed E-state index contributed by atoms with van der Waals surface area (Å²) in [6.07, 6.45) is 3.84. The van der Waals surface area contributed by atoms with E-state index < -0.39 is 0 Å². The Labute approximate surface area is 174 Å². The standard InChI is InChI=1S/C20H13BrClN3OS/c21-13-3-9-16(10-4-13)25-11-1-2-17(25)12-18-19(26)24-20(27-18)23-15-7-5-14(22)6-8-15/h1-12H,(H,23,24,26)/b18-12-. The Kier molecular flexibility index (Phi) is 5.20. The fourth-order valence-electron chi connectivity index (χ4n) is 2.60. The molecule has 0 spiro atoms. The first-order chi connectivity index (χ1) is 13.1. The molecule has 1 aliphatic rings. The first-order valence-electron chi connectivity index (χ1n) is 8.07. The van der Waals surface area contributed by atoms with Crippen molar-refractivity contribution in [3.63, 3.8) is 0 Å². The van der Waals surface area contributed by atoms with E-state index in [1.54, 1.807) is 12.1 Å². The van der Waals surface area contributed by atoms with Gasteiger partial charge in [0.1, 0.15) is 0 Å². The Balaban J connectivity index is 1.60. The van der Waals surface area contributed by atoms with Gasteiger partial charge in [0.2, 0.25) is 0 Å². The minimum absolute atomic E-state index is 0.156. The molecule has 3 aromatic rings. The average Bonchev–Trinajstić information content (AvgIpc) is 3.25. The molecule has 1 N–H and O–H groups in total. The van der Waals surface area contributed by atoms with E-state index in [0.29, 0.717) is 15.1 Å². The summed E-state index contributed by atoms with van der Waals surface area (Å²) < 4.78 is 3.05. The summed E-state index contributed by atoms with van der Waals surface area (Å²) in [7, 11) is 0. The van der Waals surface area contributed by atoms with Crippen molar-refractivity contribution in [2.75, 3.05) is 0 Å². The number of aromatic nitrogens is 1. The van der Waals surface area contributed by atoms with Crippen LogP contribution in [0, 0.1) is 0 Å². The largest absolute Gasteiger partial charge is 0.317 e. The van der Waals surface area contributed by atoms with Crippen LogP contribution in [0.2, 0.25) is 5.02 Å². The van der Waals surface area contributed by atoms with Crippen molar-refractivity contribution in [3.05, 3.63) is 87.0 Å². The van der Waals surface area contributed by atoms with Crippen LogP contribution in [-0.2, 0) is 4.79 Å². The lowest BCUT2D eigenvalue weighted by Gasteiger charge is -2.07. The summed E-state index contributed by atoms with van der Waals surface area (Å²) >= 11 is 10.7. The third-order valence-corrected chi connectivity index (χ3v) is 5.56. The average molecular weight is 459 g/mol. The molecule has 4 nitrogen and oxygen atoms in total. The zero-order valence-corrected chi connectivity index (χ0v) is 17.1. The van der Waals surface area contributed by atoms with Gasteiger partial charge < -0.3 is 9.88 Å². The monoisotopic (exact) mass is 457 g/mol. The third kappa shape index (κ3) is 4.18. The normalized spacial score (nSPS) is 16.9. The van der Waals surface area contributed by atoms with Gasteiger partial charge in [-0.25, -0.2) is 4.99 Å². The second-order valence-electron chi connectivity index (χ2n) is 5.74. The summed E-state index contributed by atoms with van der Waals surface area (Å²) in [6.45, 7) is 0. The fourth-order valence-corrected chi connectivity index (χ4v) is 3.81. The highest BCUT2D eigenvalue weighted by atomic mass is 79.9. The van der Waals surface area contributed by atoms with Crippen molar-refractivity contribution in [2.45, 2.75) is 0 Å². The smallest absolute Gasteiger partial charge is 0.264 e. The molecule has 0 saturated carbocycles. The molecule has 1 aliphatic heterocycles. The first-order valence-corrected chi connectivity index (χ1v) is 10.1. The molecule has 134 valence electrons. The van der Waals surface area contributed by atoms with Crippen molar-refractivity contribution >= 4 is 62.1 Å². The second kappa shape index (κ2) is 7.76. The molecule has 1 aromatic heterocycles. The molecule has 1 fully saturated rings. The van der Waals surface area contributed by atoms with Crippen LogP contribution in [-0.4, -0.2) is 15.6 Å². The molecule has 1 amide bonds. The zero-order chi connectivity index (χ0) is 18.8. The molecule has 2 heterocycles. The maximum Gasteiger partial charge on any atom is 0.264 e. The van der Waals surface area contributed by atoms with Crippen molar-refractivity contribution in [2.24, 2.45) is 4.99 Å². The summed E-state index contributed by atoms with van der Waals surface area (Å²) in [4.78, 5) is 17.4. The second-order valence-corrected chi connectivity index (χ2v) is 8.12. The molecule has 4 rings (SSSR count). The zero-order valence-electron chi connectivity index (χ0n) is 13.9. The first kappa shape index (κ1) is 18.1. The van der Waals surface area contributed by atoms with E-state index in [4.69, 9.17) is 11.6 Å². The quantitative estimate of drug-likeness (QED) is 0.505. The minimum atomic E-state index is -0.156. The molecule has 27 heavy (non-hydrogen) atoms. The Morgan fingerprint density at radius 3 is 2.56 bits per heavy atom. The van der Waals surface area contributed by atoms with E-state index in [9.17, 15) is 4.79 Å². The number of carbonyl (C=O) groups is 1.